The van der Waals surface area contributed by atoms with Crippen molar-refractivity contribution < 1.29 is 4.79 Å². The Kier molecular flexibility index (Phi) is 5.27. The first-order valence-electron chi connectivity index (χ1n) is 8.32. The number of aryl methyl sites for hydroxylation is 2. The van der Waals surface area contributed by atoms with Gasteiger partial charge in [-0.1, -0.05) is 6.42 Å². The number of nitrogens with zero attached hydrogens (tertiary/aromatic N) is 3. The number of rotatable bonds is 5. The van der Waals surface area contributed by atoms with Gasteiger partial charge in [0.2, 0.25) is 5.91 Å². The van der Waals surface area contributed by atoms with Crippen LogP contribution in [-0.4, -0.2) is 45.8 Å². The average molecular weight is 306 g/mol. The second kappa shape index (κ2) is 6.82. The minimum absolute atomic E-state index is 0.0229. The molecule has 0 aliphatic carbocycles. The number of piperidine rings is 1. The van der Waals surface area contributed by atoms with Crippen molar-refractivity contribution in [2.24, 2.45) is 7.05 Å². The number of nitrogens with one attached hydrogen (secondary N) is 1. The number of carbonyl (C=O) groups excluding carboxylic acids is 1. The maximum atomic E-state index is 12.3. The summed E-state index contributed by atoms with van der Waals surface area (Å²) >= 11 is 0. The second-order valence-electron chi connectivity index (χ2n) is 7.09. The fourth-order valence-electron chi connectivity index (χ4n) is 3.22. The molecule has 1 amide bonds. The molecule has 1 N–H and O–H groups in total. The summed E-state index contributed by atoms with van der Waals surface area (Å²) in [6.07, 6.45) is 4.29. The number of aromatic nitrogens is 2. The highest BCUT2D eigenvalue weighted by atomic mass is 16.1. The molecule has 1 aromatic heterocycles. The van der Waals surface area contributed by atoms with Gasteiger partial charge >= 0.3 is 0 Å². The van der Waals surface area contributed by atoms with Crippen LogP contribution in [0.15, 0.2) is 0 Å². The third kappa shape index (κ3) is 3.88. The van der Waals surface area contributed by atoms with E-state index in [1.165, 1.54) is 19.3 Å². The van der Waals surface area contributed by atoms with E-state index < -0.39 is 0 Å². The third-order valence-corrected chi connectivity index (χ3v) is 4.93. The highest BCUT2D eigenvalue weighted by Gasteiger charge is 2.28. The summed E-state index contributed by atoms with van der Waals surface area (Å²) in [5.74, 6) is 0.0873. The van der Waals surface area contributed by atoms with E-state index in [0.29, 0.717) is 13.0 Å². The maximum Gasteiger partial charge on any atom is 0.224 e. The summed E-state index contributed by atoms with van der Waals surface area (Å²) in [6.45, 7) is 11.4. The van der Waals surface area contributed by atoms with Crippen LogP contribution in [-0.2, 0) is 18.3 Å². The normalized spacial score (nSPS) is 16.8. The topological polar surface area (TPSA) is 50.2 Å². The number of hydrogen-bond donors (Lipinski definition) is 1. The first kappa shape index (κ1) is 17.0. The number of likely N-dealkylation sites (tertiary alicyclic amines) is 1. The molecule has 1 aromatic rings. The lowest BCUT2D eigenvalue weighted by atomic mass is 9.98. The Morgan fingerprint density at radius 2 is 1.86 bits per heavy atom. The van der Waals surface area contributed by atoms with E-state index in [-0.39, 0.29) is 11.4 Å². The van der Waals surface area contributed by atoms with Crippen molar-refractivity contribution in [2.75, 3.05) is 19.6 Å². The van der Waals surface area contributed by atoms with Gasteiger partial charge in [-0.05, 0) is 53.6 Å². The van der Waals surface area contributed by atoms with Crippen molar-refractivity contribution >= 4 is 5.91 Å². The lowest BCUT2D eigenvalue weighted by molar-refractivity contribution is -0.121. The van der Waals surface area contributed by atoms with Crippen molar-refractivity contribution in [3.63, 3.8) is 0 Å². The molecule has 22 heavy (non-hydrogen) atoms. The van der Waals surface area contributed by atoms with Gasteiger partial charge in [0.25, 0.3) is 0 Å². The quantitative estimate of drug-likeness (QED) is 0.905. The lowest BCUT2D eigenvalue weighted by Gasteiger charge is -2.41. The molecule has 0 unspecified atom stereocenters. The van der Waals surface area contributed by atoms with E-state index in [0.717, 1.165) is 30.0 Å². The molecule has 1 fully saturated rings. The van der Waals surface area contributed by atoms with Crippen molar-refractivity contribution in [1.82, 2.24) is 20.0 Å². The highest BCUT2D eigenvalue weighted by molar-refractivity contribution is 5.79. The van der Waals surface area contributed by atoms with Crippen LogP contribution >= 0.6 is 0 Å². The Morgan fingerprint density at radius 1 is 1.23 bits per heavy atom. The predicted octanol–water partition coefficient (Wildman–Crippen LogP) is 1.96. The van der Waals surface area contributed by atoms with Gasteiger partial charge < -0.3 is 5.32 Å². The molecular weight excluding hydrogens is 276 g/mol. The van der Waals surface area contributed by atoms with Gasteiger partial charge in [-0.15, -0.1) is 0 Å². The van der Waals surface area contributed by atoms with Gasteiger partial charge in [-0.3, -0.25) is 14.4 Å². The van der Waals surface area contributed by atoms with Crippen molar-refractivity contribution in [3.05, 3.63) is 17.0 Å². The van der Waals surface area contributed by atoms with Crippen LogP contribution in [0, 0.1) is 13.8 Å². The first-order chi connectivity index (χ1) is 10.3. The molecule has 124 valence electrons. The Morgan fingerprint density at radius 3 is 2.41 bits per heavy atom. The minimum Gasteiger partial charge on any atom is -0.354 e. The van der Waals surface area contributed by atoms with Crippen LogP contribution < -0.4 is 5.32 Å². The van der Waals surface area contributed by atoms with E-state index in [9.17, 15) is 4.79 Å². The minimum atomic E-state index is 0.0229. The summed E-state index contributed by atoms with van der Waals surface area (Å²) in [5, 5.41) is 7.49. The molecule has 1 aliphatic heterocycles. The summed E-state index contributed by atoms with van der Waals surface area (Å²) < 4.78 is 1.84. The predicted molar refractivity (Wildman–Crippen MR) is 88.9 cm³/mol. The van der Waals surface area contributed by atoms with Crippen LogP contribution in [0.4, 0.5) is 0 Å². The number of hydrogen-bond acceptors (Lipinski definition) is 3. The average Bonchev–Trinajstić information content (AvgIpc) is 2.73. The van der Waals surface area contributed by atoms with E-state index in [4.69, 9.17) is 0 Å². The maximum absolute atomic E-state index is 12.3. The molecule has 5 heteroatoms. The molecule has 2 rings (SSSR count). The van der Waals surface area contributed by atoms with E-state index in [2.05, 4.69) is 29.2 Å². The van der Waals surface area contributed by atoms with Gasteiger partial charge in [0.05, 0.1) is 12.1 Å². The van der Waals surface area contributed by atoms with E-state index in [1.54, 1.807) is 0 Å². The van der Waals surface area contributed by atoms with Gasteiger partial charge in [-0.2, -0.15) is 5.10 Å². The van der Waals surface area contributed by atoms with E-state index in [1.807, 2.05) is 25.6 Å². The standard InChI is InChI=1S/C17H30N4O/c1-13-15(14(2)20(5)19-13)11-16(22)18-12-17(3,4)21-9-7-6-8-10-21/h6-12H2,1-5H3,(H,18,22). The molecule has 2 heterocycles. The molecule has 0 radical (unpaired) electrons. The molecule has 0 aromatic carbocycles. The van der Waals surface area contributed by atoms with Crippen molar-refractivity contribution in [2.45, 2.75) is 58.9 Å². The van der Waals surface area contributed by atoms with Crippen LogP contribution in [0.1, 0.15) is 50.1 Å². The SMILES string of the molecule is Cc1nn(C)c(C)c1CC(=O)NCC(C)(C)N1CCCCC1. The van der Waals surface area contributed by atoms with Crippen molar-refractivity contribution in [3.8, 4) is 0 Å². The van der Waals surface area contributed by atoms with Crippen LogP contribution in [0.5, 0.6) is 0 Å². The Labute approximate surface area is 134 Å². The molecule has 0 saturated carbocycles. The number of amides is 1. The first-order valence-corrected chi connectivity index (χ1v) is 8.32. The summed E-state index contributed by atoms with van der Waals surface area (Å²) in [5.41, 5.74) is 3.10. The van der Waals surface area contributed by atoms with Crippen LogP contribution in [0.2, 0.25) is 0 Å². The fourth-order valence-corrected chi connectivity index (χ4v) is 3.22. The van der Waals surface area contributed by atoms with Gasteiger partial charge in [-0.25, -0.2) is 0 Å². The van der Waals surface area contributed by atoms with Crippen molar-refractivity contribution in [1.29, 1.82) is 0 Å². The van der Waals surface area contributed by atoms with Gasteiger partial charge in [0, 0.05) is 30.4 Å². The number of carbonyl (C=O) groups is 1. The molecule has 0 bridgehead atoms. The zero-order valence-corrected chi connectivity index (χ0v) is 14.7. The molecule has 1 saturated heterocycles. The monoisotopic (exact) mass is 306 g/mol. The lowest BCUT2D eigenvalue weighted by Crippen LogP contribution is -2.53. The smallest absolute Gasteiger partial charge is 0.224 e. The summed E-state index contributed by atoms with van der Waals surface area (Å²) in [4.78, 5) is 14.8. The second-order valence-corrected chi connectivity index (χ2v) is 7.09. The zero-order valence-electron chi connectivity index (χ0n) is 14.7. The summed E-state index contributed by atoms with van der Waals surface area (Å²) in [7, 11) is 1.92. The highest BCUT2D eigenvalue weighted by Crippen LogP contribution is 2.20. The van der Waals surface area contributed by atoms with E-state index >= 15 is 0 Å². The van der Waals surface area contributed by atoms with Gasteiger partial charge in [0.15, 0.2) is 0 Å². The molecule has 0 spiro atoms. The van der Waals surface area contributed by atoms with Gasteiger partial charge in [0.1, 0.15) is 0 Å². The largest absolute Gasteiger partial charge is 0.354 e. The third-order valence-electron chi connectivity index (χ3n) is 4.93. The van der Waals surface area contributed by atoms with Crippen LogP contribution in [0.3, 0.4) is 0 Å². The molecule has 1 aliphatic rings. The Bertz CT molecular complexity index is 527. The fraction of sp³-hybridized carbons (Fsp3) is 0.765. The molecule has 5 nitrogen and oxygen atoms in total. The summed E-state index contributed by atoms with van der Waals surface area (Å²) in [6, 6.07) is 0. The zero-order chi connectivity index (χ0) is 16.3. The van der Waals surface area contributed by atoms with Crippen LogP contribution in [0.25, 0.3) is 0 Å². The Hall–Kier alpha value is -1.36. The molecular formula is C17H30N4O. The Balaban J connectivity index is 1.89. The molecule has 0 atom stereocenters.